The van der Waals surface area contributed by atoms with E-state index in [0.717, 1.165) is 12.8 Å². The van der Waals surface area contributed by atoms with Gasteiger partial charge in [0.05, 0.1) is 19.3 Å². The van der Waals surface area contributed by atoms with Crippen LogP contribution in [0.3, 0.4) is 0 Å². The normalized spacial score (nSPS) is 15.9. The first-order chi connectivity index (χ1) is 15.9. The number of benzene rings is 1. The second kappa shape index (κ2) is 11.8. The van der Waals surface area contributed by atoms with Gasteiger partial charge in [0.15, 0.2) is 5.58 Å². The average molecular weight is 459 g/mol. The fraction of sp³-hybridized carbons (Fsp3) is 0.583. The van der Waals surface area contributed by atoms with E-state index in [4.69, 9.17) is 9.15 Å². The van der Waals surface area contributed by atoms with Gasteiger partial charge in [-0.3, -0.25) is 9.59 Å². The predicted octanol–water partition coefficient (Wildman–Crippen LogP) is 3.14. The maximum Gasteiger partial charge on any atom is 0.318 e. The maximum atomic E-state index is 13.2. The molecule has 2 N–H and O–H groups in total. The Hall–Kier alpha value is -2.94. The average Bonchev–Trinajstić information content (AvgIpc) is 3.25. The molecule has 33 heavy (non-hydrogen) atoms. The molecule has 1 saturated heterocycles. The Bertz CT molecular complexity index is 918. The molecule has 9 heteroatoms. The van der Waals surface area contributed by atoms with Gasteiger partial charge >= 0.3 is 6.03 Å². The Morgan fingerprint density at radius 2 is 1.82 bits per heavy atom. The lowest BCUT2D eigenvalue weighted by molar-refractivity contribution is -0.123. The third kappa shape index (κ3) is 6.77. The topological polar surface area (TPSA) is 114 Å². The van der Waals surface area contributed by atoms with Gasteiger partial charge < -0.3 is 24.7 Å². The minimum atomic E-state index is -0.777. The standard InChI is InChI=1S/C24H34N4O5/c1-4-5-8-18(21(29)23-26-17-9-6-7-10-20(17)33-23)25-22(30)19(15-16(2)3)27-24(31)28-11-13-32-14-12-28/h6-7,9-10,16,18-19H,4-5,8,11-15H2,1-3H3,(H,25,30)(H,27,31)/t18-,19-/m0/s1. The number of para-hydroxylation sites is 2. The molecule has 0 aliphatic carbocycles. The number of nitrogens with one attached hydrogen (secondary N) is 2. The number of aromatic nitrogens is 1. The molecule has 1 aliphatic heterocycles. The van der Waals surface area contributed by atoms with Crippen LogP contribution in [0.25, 0.3) is 11.1 Å². The van der Waals surface area contributed by atoms with E-state index in [-0.39, 0.29) is 29.5 Å². The molecule has 0 spiro atoms. The second-order valence-corrected chi connectivity index (χ2v) is 8.79. The van der Waals surface area contributed by atoms with Crippen LogP contribution in [0.4, 0.5) is 4.79 Å². The largest absolute Gasteiger partial charge is 0.434 e. The smallest absolute Gasteiger partial charge is 0.318 e. The number of Topliss-reactive ketones (excluding diaryl/α,β-unsaturated/α-hetero) is 1. The molecule has 2 heterocycles. The van der Waals surface area contributed by atoms with E-state index in [1.165, 1.54) is 0 Å². The molecule has 0 bridgehead atoms. The number of urea groups is 1. The Morgan fingerprint density at radius 3 is 2.48 bits per heavy atom. The molecule has 3 rings (SSSR count). The highest BCUT2D eigenvalue weighted by Crippen LogP contribution is 2.18. The van der Waals surface area contributed by atoms with Gasteiger partial charge in [-0.15, -0.1) is 0 Å². The third-order valence-electron chi connectivity index (χ3n) is 5.60. The summed E-state index contributed by atoms with van der Waals surface area (Å²) in [7, 11) is 0. The lowest BCUT2D eigenvalue weighted by Gasteiger charge is -2.30. The van der Waals surface area contributed by atoms with Crippen LogP contribution in [0.2, 0.25) is 0 Å². The van der Waals surface area contributed by atoms with Crippen LogP contribution in [-0.4, -0.2) is 66.0 Å². The summed E-state index contributed by atoms with van der Waals surface area (Å²) in [4.78, 5) is 45.0. The first kappa shape index (κ1) is 24.7. The summed E-state index contributed by atoms with van der Waals surface area (Å²) in [5.41, 5.74) is 1.12. The first-order valence-corrected chi connectivity index (χ1v) is 11.7. The van der Waals surface area contributed by atoms with Gasteiger partial charge in [-0.05, 0) is 30.9 Å². The van der Waals surface area contributed by atoms with Crippen molar-refractivity contribution in [2.45, 2.75) is 58.5 Å². The molecule has 3 amide bonds. The summed E-state index contributed by atoms with van der Waals surface area (Å²) in [6, 6.07) is 5.33. The monoisotopic (exact) mass is 458 g/mol. The number of hydrogen-bond acceptors (Lipinski definition) is 6. The van der Waals surface area contributed by atoms with Crippen molar-refractivity contribution < 1.29 is 23.5 Å². The van der Waals surface area contributed by atoms with Gasteiger partial charge in [-0.25, -0.2) is 9.78 Å². The van der Waals surface area contributed by atoms with Gasteiger partial charge in [-0.1, -0.05) is 45.7 Å². The molecule has 2 atom stereocenters. The summed E-state index contributed by atoms with van der Waals surface area (Å²) in [6.07, 6.45) is 2.55. The number of unbranched alkanes of at least 4 members (excludes halogenated alkanes) is 1. The number of fused-ring (bicyclic) bond motifs is 1. The molecule has 180 valence electrons. The third-order valence-corrected chi connectivity index (χ3v) is 5.60. The Labute approximate surface area is 194 Å². The minimum absolute atomic E-state index is 0.0182. The number of carbonyl (C=O) groups excluding carboxylic acids is 3. The molecule has 0 saturated carbocycles. The molecule has 2 aromatic rings. The SMILES string of the molecule is CCCC[C@H](NC(=O)[C@H](CC(C)C)NC(=O)N1CCOCC1)C(=O)c1nc2ccccc2o1. The van der Waals surface area contributed by atoms with E-state index in [2.05, 4.69) is 15.6 Å². The molecule has 1 aliphatic rings. The van der Waals surface area contributed by atoms with Crippen molar-refractivity contribution in [2.24, 2.45) is 5.92 Å². The van der Waals surface area contributed by atoms with E-state index in [1.807, 2.05) is 32.9 Å². The molecule has 1 aromatic heterocycles. The lowest BCUT2D eigenvalue weighted by atomic mass is 10.0. The zero-order chi connectivity index (χ0) is 23.8. The predicted molar refractivity (Wildman–Crippen MR) is 124 cm³/mol. The summed E-state index contributed by atoms with van der Waals surface area (Å²) < 4.78 is 10.9. The molecule has 0 radical (unpaired) electrons. The number of rotatable bonds is 10. The van der Waals surface area contributed by atoms with E-state index in [1.54, 1.807) is 17.0 Å². The number of ketones is 1. The fourth-order valence-corrected chi connectivity index (χ4v) is 3.79. The van der Waals surface area contributed by atoms with Crippen molar-refractivity contribution >= 4 is 28.8 Å². The van der Waals surface area contributed by atoms with Crippen LogP contribution in [0.1, 0.15) is 57.1 Å². The maximum absolute atomic E-state index is 13.2. The number of oxazole rings is 1. The second-order valence-electron chi connectivity index (χ2n) is 8.79. The van der Waals surface area contributed by atoms with Crippen LogP contribution in [-0.2, 0) is 9.53 Å². The molecule has 9 nitrogen and oxygen atoms in total. The van der Waals surface area contributed by atoms with E-state index >= 15 is 0 Å². The zero-order valence-corrected chi connectivity index (χ0v) is 19.6. The van der Waals surface area contributed by atoms with Crippen molar-refractivity contribution in [3.63, 3.8) is 0 Å². The van der Waals surface area contributed by atoms with Crippen molar-refractivity contribution in [1.29, 1.82) is 0 Å². The van der Waals surface area contributed by atoms with Crippen LogP contribution in [0.15, 0.2) is 28.7 Å². The minimum Gasteiger partial charge on any atom is -0.434 e. The highest BCUT2D eigenvalue weighted by molar-refractivity contribution is 6.00. The van der Waals surface area contributed by atoms with Crippen LogP contribution >= 0.6 is 0 Å². The number of ether oxygens (including phenoxy) is 1. The van der Waals surface area contributed by atoms with Gasteiger partial charge in [-0.2, -0.15) is 0 Å². The number of amides is 3. The number of carbonyl (C=O) groups is 3. The summed E-state index contributed by atoms with van der Waals surface area (Å²) >= 11 is 0. The molecule has 1 aromatic carbocycles. The number of hydrogen-bond donors (Lipinski definition) is 2. The van der Waals surface area contributed by atoms with E-state index in [9.17, 15) is 14.4 Å². The van der Waals surface area contributed by atoms with Gasteiger partial charge in [0, 0.05) is 13.1 Å². The number of morpholine rings is 1. The number of nitrogens with zero attached hydrogens (tertiary/aromatic N) is 2. The van der Waals surface area contributed by atoms with Crippen molar-refractivity contribution in [3.05, 3.63) is 30.2 Å². The van der Waals surface area contributed by atoms with Crippen molar-refractivity contribution in [2.75, 3.05) is 26.3 Å². The van der Waals surface area contributed by atoms with Crippen LogP contribution in [0, 0.1) is 5.92 Å². The Morgan fingerprint density at radius 1 is 1.09 bits per heavy atom. The molecular formula is C24H34N4O5. The highest BCUT2D eigenvalue weighted by Gasteiger charge is 2.31. The molecule has 0 unspecified atom stereocenters. The first-order valence-electron chi connectivity index (χ1n) is 11.7. The highest BCUT2D eigenvalue weighted by atomic mass is 16.5. The lowest BCUT2D eigenvalue weighted by Crippen LogP contribution is -2.55. The zero-order valence-electron chi connectivity index (χ0n) is 19.6. The Balaban J connectivity index is 1.73. The summed E-state index contributed by atoms with van der Waals surface area (Å²) in [5.74, 6) is -0.588. The van der Waals surface area contributed by atoms with Crippen LogP contribution < -0.4 is 10.6 Å². The van der Waals surface area contributed by atoms with Crippen molar-refractivity contribution in [1.82, 2.24) is 20.5 Å². The molecule has 1 fully saturated rings. The van der Waals surface area contributed by atoms with Gasteiger partial charge in [0.1, 0.15) is 11.6 Å². The van der Waals surface area contributed by atoms with E-state index < -0.39 is 12.1 Å². The van der Waals surface area contributed by atoms with Crippen LogP contribution in [0.5, 0.6) is 0 Å². The van der Waals surface area contributed by atoms with E-state index in [0.29, 0.717) is 50.2 Å². The summed E-state index contributed by atoms with van der Waals surface area (Å²) in [5, 5.41) is 5.71. The van der Waals surface area contributed by atoms with Gasteiger partial charge in [0.25, 0.3) is 5.89 Å². The fourth-order valence-electron chi connectivity index (χ4n) is 3.79. The van der Waals surface area contributed by atoms with Gasteiger partial charge in [0.2, 0.25) is 11.7 Å². The quantitative estimate of drug-likeness (QED) is 0.529. The molecular weight excluding hydrogens is 424 g/mol. The van der Waals surface area contributed by atoms with Crippen molar-refractivity contribution in [3.8, 4) is 0 Å². The Kier molecular flexibility index (Phi) is 8.82. The summed E-state index contributed by atoms with van der Waals surface area (Å²) in [6.45, 7) is 7.92.